The smallest absolute Gasteiger partial charge is 0.245 e. The molecule has 3 N–H and O–H groups in total. The van der Waals surface area contributed by atoms with Crippen LogP contribution in [-0.4, -0.2) is 36.0 Å². The van der Waals surface area contributed by atoms with Gasteiger partial charge in [-0.05, 0) is 50.9 Å². The first kappa shape index (κ1) is 17.7. The van der Waals surface area contributed by atoms with E-state index in [-0.39, 0.29) is 11.8 Å². The zero-order valence-corrected chi connectivity index (χ0v) is 15.0. The molecule has 1 saturated carbocycles. The van der Waals surface area contributed by atoms with Gasteiger partial charge in [-0.15, -0.1) is 0 Å². The highest BCUT2D eigenvalue weighted by Gasteiger charge is 2.41. The van der Waals surface area contributed by atoms with Gasteiger partial charge in [-0.3, -0.25) is 9.59 Å². The fourth-order valence-electron chi connectivity index (χ4n) is 4.89. The van der Waals surface area contributed by atoms with E-state index in [0.717, 1.165) is 51.4 Å². The summed E-state index contributed by atoms with van der Waals surface area (Å²) < 4.78 is 0. The van der Waals surface area contributed by atoms with E-state index in [2.05, 4.69) is 22.9 Å². The fourth-order valence-corrected chi connectivity index (χ4v) is 4.89. The molecule has 5 heteroatoms. The Labute approximate surface area is 145 Å². The second-order valence-electron chi connectivity index (χ2n) is 8.13. The van der Waals surface area contributed by atoms with Crippen LogP contribution in [0.1, 0.15) is 77.6 Å². The van der Waals surface area contributed by atoms with Crippen LogP contribution in [-0.2, 0) is 9.59 Å². The Bertz CT molecular complexity index is 448. The van der Waals surface area contributed by atoms with Crippen molar-refractivity contribution >= 4 is 11.8 Å². The van der Waals surface area contributed by atoms with Crippen LogP contribution in [0.15, 0.2) is 0 Å². The van der Waals surface area contributed by atoms with Crippen molar-refractivity contribution < 1.29 is 9.59 Å². The summed E-state index contributed by atoms with van der Waals surface area (Å²) >= 11 is 0. The largest absolute Gasteiger partial charge is 0.354 e. The SMILES string of the molecule is CCCNC(=O)C1(NC(=O)CC2CC3CCC(C2)N3)CCCCC1. The molecule has 24 heavy (non-hydrogen) atoms. The maximum absolute atomic E-state index is 12.7. The van der Waals surface area contributed by atoms with Gasteiger partial charge in [-0.2, -0.15) is 0 Å². The molecule has 2 aliphatic heterocycles. The summed E-state index contributed by atoms with van der Waals surface area (Å²) in [7, 11) is 0. The van der Waals surface area contributed by atoms with Gasteiger partial charge in [0.1, 0.15) is 5.54 Å². The Morgan fingerprint density at radius 2 is 1.75 bits per heavy atom. The third-order valence-electron chi connectivity index (χ3n) is 6.10. The Balaban J connectivity index is 1.57. The number of rotatable bonds is 6. The molecule has 2 saturated heterocycles. The molecule has 2 bridgehead atoms. The second-order valence-corrected chi connectivity index (χ2v) is 8.13. The van der Waals surface area contributed by atoms with Gasteiger partial charge in [0.15, 0.2) is 0 Å². The molecule has 3 fully saturated rings. The number of fused-ring (bicyclic) bond motifs is 2. The van der Waals surface area contributed by atoms with E-state index in [1.54, 1.807) is 0 Å². The maximum atomic E-state index is 12.7. The summed E-state index contributed by atoms with van der Waals surface area (Å²) in [5, 5.41) is 9.81. The van der Waals surface area contributed by atoms with Crippen molar-refractivity contribution in [3.63, 3.8) is 0 Å². The minimum Gasteiger partial charge on any atom is -0.354 e. The molecule has 3 rings (SSSR count). The number of carbonyl (C=O) groups excluding carboxylic acids is 2. The maximum Gasteiger partial charge on any atom is 0.245 e. The van der Waals surface area contributed by atoms with Crippen molar-refractivity contribution in [3.8, 4) is 0 Å². The number of hydrogen-bond donors (Lipinski definition) is 3. The highest BCUT2D eigenvalue weighted by molar-refractivity contribution is 5.91. The number of hydrogen-bond acceptors (Lipinski definition) is 3. The highest BCUT2D eigenvalue weighted by atomic mass is 16.2. The molecule has 2 amide bonds. The summed E-state index contributed by atoms with van der Waals surface area (Å²) in [6.07, 6.45) is 11.0. The van der Waals surface area contributed by atoms with E-state index in [4.69, 9.17) is 0 Å². The van der Waals surface area contributed by atoms with Crippen LogP contribution in [0.25, 0.3) is 0 Å². The van der Waals surface area contributed by atoms with Gasteiger partial charge >= 0.3 is 0 Å². The number of carbonyl (C=O) groups is 2. The fraction of sp³-hybridized carbons (Fsp3) is 0.895. The van der Waals surface area contributed by atoms with Crippen molar-refractivity contribution in [2.24, 2.45) is 5.92 Å². The van der Waals surface area contributed by atoms with Crippen molar-refractivity contribution in [2.75, 3.05) is 6.54 Å². The minimum atomic E-state index is -0.656. The summed E-state index contributed by atoms with van der Waals surface area (Å²) in [4.78, 5) is 25.4. The molecular weight excluding hydrogens is 302 g/mol. The zero-order chi connectivity index (χ0) is 17.0. The van der Waals surface area contributed by atoms with E-state index in [1.165, 1.54) is 12.8 Å². The van der Waals surface area contributed by atoms with E-state index in [1.807, 2.05) is 0 Å². The van der Waals surface area contributed by atoms with Crippen LogP contribution in [0.5, 0.6) is 0 Å². The van der Waals surface area contributed by atoms with Gasteiger partial charge in [0.2, 0.25) is 11.8 Å². The van der Waals surface area contributed by atoms with Gasteiger partial charge in [0, 0.05) is 25.0 Å². The monoisotopic (exact) mass is 335 g/mol. The first-order valence-electron chi connectivity index (χ1n) is 9.96. The lowest BCUT2D eigenvalue weighted by Crippen LogP contribution is -2.60. The molecule has 3 aliphatic rings. The average Bonchev–Trinajstić information content (AvgIpc) is 2.91. The average molecular weight is 335 g/mol. The standard InChI is InChI=1S/C19H33N3O2/c1-2-10-20-18(24)19(8-4-3-5-9-19)22-17(23)13-14-11-15-6-7-16(12-14)21-15/h14-16,21H,2-13H2,1H3,(H,20,24)(H,22,23). The topological polar surface area (TPSA) is 70.2 Å². The summed E-state index contributed by atoms with van der Waals surface area (Å²) in [5.41, 5.74) is -0.656. The van der Waals surface area contributed by atoms with Crippen LogP contribution < -0.4 is 16.0 Å². The van der Waals surface area contributed by atoms with E-state index < -0.39 is 5.54 Å². The molecule has 2 heterocycles. The van der Waals surface area contributed by atoms with Gasteiger partial charge < -0.3 is 16.0 Å². The molecule has 0 aromatic heterocycles. The van der Waals surface area contributed by atoms with Crippen molar-refractivity contribution in [1.82, 2.24) is 16.0 Å². The number of amides is 2. The predicted octanol–water partition coefficient (Wildman–Crippen LogP) is 2.25. The van der Waals surface area contributed by atoms with Crippen molar-refractivity contribution in [1.29, 1.82) is 0 Å². The molecule has 0 aromatic rings. The number of piperidine rings is 1. The van der Waals surface area contributed by atoms with Crippen LogP contribution in [0.2, 0.25) is 0 Å². The Morgan fingerprint density at radius 3 is 2.38 bits per heavy atom. The normalized spacial score (nSPS) is 31.5. The Hall–Kier alpha value is -1.10. The van der Waals surface area contributed by atoms with Crippen molar-refractivity contribution in [2.45, 2.75) is 95.2 Å². The van der Waals surface area contributed by atoms with E-state index in [9.17, 15) is 9.59 Å². The van der Waals surface area contributed by atoms with Crippen LogP contribution in [0, 0.1) is 5.92 Å². The zero-order valence-electron chi connectivity index (χ0n) is 15.0. The molecule has 2 unspecified atom stereocenters. The summed E-state index contributed by atoms with van der Waals surface area (Å²) in [6, 6.07) is 1.22. The summed E-state index contributed by atoms with van der Waals surface area (Å²) in [5.74, 6) is 0.584. The third-order valence-corrected chi connectivity index (χ3v) is 6.10. The third kappa shape index (κ3) is 4.11. The minimum absolute atomic E-state index is 0.0304. The molecule has 5 nitrogen and oxygen atoms in total. The van der Waals surface area contributed by atoms with Gasteiger partial charge in [0.05, 0.1) is 0 Å². The van der Waals surface area contributed by atoms with E-state index in [0.29, 0.717) is 31.0 Å². The number of nitrogens with one attached hydrogen (secondary N) is 3. The molecule has 136 valence electrons. The molecule has 2 atom stereocenters. The Morgan fingerprint density at radius 1 is 1.08 bits per heavy atom. The van der Waals surface area contributed by atoms with Gasteiger partial charge in [-0.1, -0.05) is 26.2 Å². The molecular formula is C19H33N3O2. The second kappa shape index (κ2) is 7.85. The van der Waals surface area contributed by atoms with Crippen LogP contribution >= 0.6 is 0 Å². The first-order chi connectivity index (χ1) is 11.6. The van der Waals surface area contributed by atoms with Crippen LogP contribution in [0.3, 0.4) is 0 Å². The lowest BCUT2D eigenvalue weighted by atomic mass is 9.80. The van der Waals surface area contributed by atoms with Crippen LogP contribution in [0.4, 0.5) is 0 Å². The molecule has 0 radical (unpaired) electrons. The Kier molecular flexibility index (Phi) is 5.80. The van der Waals surface area contributed by atoms with E-state index >= 15 is 0 Å². The molecule has 0 spiro atoms. The lowest BCUT2D eigenvalue weighted by molar-refractivity contribution is -0.135. The summed E-state index contributed by atoms with van der Waals surface area (Å²) in [6.45, 7) is 2.74. The van der Waals surface area contributed by atoms with Crippen molar-refractivity contribution in [3.05, 3.63) is 0 Å². The highest BCUT2D eigenvalue weighted by Crippen LogP contribution is 2.33. The van der Waals surface area contributed by atoms with Gasteiger partial charge in [0.25, 0.3) is 0 Å². The molecule has 0 aromatic carbocycles. The van der Waals surface area contributed by atoms with Gasteiger partial charge in [-0.25, -0.2) is 0 Å². The molecule has 1 aliphatic carbocycles. The quantitative estimate of drug-likeness (QED) is 0.697. The first-order valence-corrected chi connectivity index (χ1v) is 9.96. The predicted molar refractivity (Wildman–Crippen MR) is 94.5 cm³/mol. The lowest BCUT2D eigenvalue weighted by Gasteiger charge is -2.37.